The van der Waals surface area contributed by atoms with Crippen molar-refractivity contribution < 1.29 is 0 Å². The molecular formula is C17H22BrNS2. The maximum Gasteiger partial charge on any atom is 0.0776 e. The quantitative estimate of drug-likeness (QED) is 0.682. The topological polar surface area (TPSA) is 12.0 Å². The molecule has 114 valence electrons. The highest BCUT2D eigenvalue weighted by Gasteiger charge is 2.23. The molecule has 1 aliphatic carbocycles. The molecule has 0 spiro atoms. The van der Waals surface area contributed by atoms with Crippen molar-refractivity contribution in [1.82, 2.24) is 5.32 Å². The molecule has 21 heavy (non-hydrogen) atoms. The van der Waals surface area contributed by atoms with Gasteiger partial charge in [0.1, 0.15) is 0 Å². The minimum Gasteiger partial charge on any atom is -0.305 e. The van der Waals surface area contributed by atoms with Crippen molar-refractivity contribution in [3.8, 4) is 0 Å². The van der Waals surface area contributed by atoms with Crippen molar-refractivity contribution in [2.75, 3.05) is 6.54 Å². The molecule has 0 aromatic carbocycles. The second-order valence-electron chi connectivity index (χ2n) is 5.76. The first-order valence-electron chi connectivity index (χ1n) is 7.79. The Labute approximate surface area is 143 Å². The average molecular weight is 384 g/mol. The molecule has 1 aliphatic rings. The van der Waals surface area contributed by atoms with Gasteiger partial charge in [0, 0.05) is 24.0 Å². The Morgan fingerprint density at radius 3 is 2.71 bits per heavy atom. The van der Waals surface area contributed by atoms with Gasteiger partial charge in [0.05, 0.1) is 6.04 Å². The summed E-state index contributed by atoms with van der Waals surface area (Å²) in [5.41, 5.74) is 1.61. The third-order valence-electron chi connectivity index (χ3n) is 4.00. The SMILES string of the molecule is CCCNC(c1cc2c(s1)CCCC2)c1sc(C)cc1Br. The lowest BCUT2D eigenvalue weighted by molar-refractivity contribution is 0.611. The van der Waals surface area contributed by atoms with E-state index in [2.05, 4.69) is 47.2 Å². The molecule has 0 amide bonds. The largest absolute Gasteiger partial charge is 0.305 e. The molecule has 1 atom stereocenters. The van der Waals surface area contributed by atoms with Gasteiger partial charge in [0.25, 0.3) is 0 Å². The minimum atomic E-state index is 0.355. The fourth-order valence-corrected chi connectivity index (χ4v) is 6.36. The van der Waals surface area contributed by atoms with Crippen LogP contribution < -0.4 is 5.32 Å². The van der Waals surface area contributed by atoms with Crippen LogP contribution in [0.2, 0.25) is 0 Å². The van der Waals surface area contributed by atoms with E-state index < -0.39 is 0 Å². The average Bonchev–Trinajstić information content (AvgIpc) is 3.03. The predicted molar refractivity (Wildman–Crippen MR) is 97.9 cm³/mol. The number of hydrogen-bond acceptors (Lipinski definition) is 3. The number of nitrogens with one attached hydrogen (secondary N) is 1. The molecule has 0 aliphatic heterocycles. The van der Waals surface area contributed by atoms with E-state index in [1.165, 1.54) is 51.2 Å². The molecule has 4 heteroatoms. The van der Waals surface area contributed by atoms with Crippen molar-refractivity contribution in [3.05, 3.63) is 41.7 Å². The highest BCUT2D eigenvalue weighted by Crippen LogP contribution is 2.40. The Morgan fingerprint density at radius 1 is 1.24 bits per heavy atom. The highest BCUT2D eigenvalue weighted by atomic mass is 79.9. The molecule has 2 aromatic rings. The molecule has 1 nitrogen and oxygen atoms in total. The van der Waals surface area contributed by atoms with Crippen LogP contribution in [-0.2, 0) is 12.8 Å². The van der Waals surface area contributed by atoms with Crippen molar-refractivity contribution in [1.29, 1.82) is 0 Å². The highest BCUT2D eigenvalue weighted by molar-refractivity contribution is 9.10. The predicted octanol–water partition coefficient (Wildman–Crippen LogP) is 5.85. The Bertz CT molecular complexity index is 591. The van der Waals surface area contributed by atoms with E-state index in [4.69, 9.17) is 0 Å². The standard InChI is InChI=1S/C17H22BrNS2/c1-3-8-19-16(17-13(18)9-11(2)20-17)15-10-12-6-4-5-7-14(12)21-15/h9-10,16,19H,3-8H2,1-2H3. The summed E-state index contributed by atoms with van der Waals surface area (Å²) in [4.78, 5) is 5.93. The van der Waals surface area contributed by atoms with Crippen LogP contribution in [0.5, 0.6) is 0 Å². The molecule has 1 N–H and O–H groups in total. The lowest BCUT2D eigenvalue weighted by Gasteiger charge is -2.16. The maximum absolute atomic E-state index is 3.76. The number of hydrogen-bond donors (Lipinski definition) is 1. The lowest BCUT2D eigenvalue weighted by Crippen LogP contribution is -2.21. The van der Waals surface area contributed by atoms with Crippen LogP contribution in [0.3, 0.4) is 0 Å². The molecular weight excluding hydrogens is 362 g/mol. The van der Waals surface area contributed by atoms with Crippen LogP contribution in [0.15, 0.2) is 16.6 Å². The second-order valence-corrected chi connectivity index (χ2v) is 9.07. The first-order chi connectivity index (χ1) is 10.2. The first-order valence-corrected chi connectivity index (χ1v) is 10.2. The van der Waals surface area contributed by atoms with Gasteiger partial charge in [-0.05, 0) is 79.2 Å². The summed E-state index contributed by atoms with van der Waals surface area (Å²) >= 11 is 7.69. The van der Waals surface area contributed by atoms with Crippen molar-refractivity contribution in [3.63, 3.8) is 0 Å². The van der Waals surface area contributed by atoms with Crippen molar-refractivity contribution in [2.24, 2.45) is 0 Å². The summed E-state index contributed by atoms with van der Waals surface area (Å²) in [6.45, 7) is 5.49. The zero-order valence-electron chi connectivity index (χ0n) is 12.7. The van der Waals surface area contributed by atoms with Crippen LogP contribution in [-0.4, -0.2) is 6.54 Å². The van der Waals surface area contributed by atoms with Gasteiger partial charge in [0.15, 0.2) is 0 Å². The van der Waals surface area contributed by atoms with Crippen LogP contribution in [0.1, 0.15) is 57.3 Å². The van der Waals surface area contributed by atoms with Gasteiger partial charge in [0.2, 0.25) is 0 Å². The summed E-state index contributed by atoms with van der Waals surface area (Å²) in [5, 5.41) is 3.76. The summed E-state index contributed by atoms with van der Waals surface area (Å²) in [6.07, 6.45) is 6.45. The Kier molecular flexibility index (Phi) is 5.20. The molecule has 0 saturated carbocycles. The van der Waals surface area contributed by atoms with E-state index in [0.29, 0.717) is 6.04 Å². The minimum absolute atomic E-state index is 0.355. The lowest BCUT2D eigenvalue weighted by atomic mass is 9.98. The zero-order chi connectivity index (χ0) is 14.8. The zero-order valence-corrected chi connectivity index (χ0v) is 15.9. The summed E-state index contributed by atoms with van der Waals surface area (Å²) < 4.78 is 1.25. The van der Waals surface area contributed by atoms with Gasteiger partial charge in [-0.2, -0.15) is 0 Å². The summed E-state index contributed by atoms with van der Waals surface area (Å²) in [7, 11) is 0. The number of rotatable bonds is 5. The van der Waals surface area contributed by atoms with E-state index in [0.717, 1.165) is 6.54 Å². The van der Waals surface area contributed by atoms with Crippen LogP contribution in [0.4, 0.5) is 0 Å². The maximum atomic E-state index is 3.76. The number of thiophene rings is 2. The Balaban J connectivity index is 1.95. The van der Waals surface area contributed by atoms with Gasteiger partial charge in [-0.15, -0.1) is 22.7 Å². The Morgan fingerprint density at radius 2 is 2.05 bits per heavy atom. The number of halogens is 1. The van der Waals surface area contributed by atoms with Crippen molar-refractivity contribution in [2.45, 2.75) is 52.0 Å². The molecule has 0 saturated heterocycles. The van der Waals surface area contributed by atoms with E-state index in [-0.39, 0.29) is 0 Å². The van der Waals surface area contributed by atoms with E-state index in [1.54, 1.807) is 10.4 Å². The van der Waals surface area contributed by atoms with Crippen molar-refractivity contribution >= 4 is 38.6 Å². The van der Waals surface area contributed by atoms with Gasteiger partial charge in [-0.25, -0.2) is 0 Å². The van der Waals surface area contributed by atoms with Gasteiger partial charge >= 0.3 is 0 Å². The molecule has 2 heterocycles. The molecule has 0 radical (unpaired) electrons. The Hall–Kier alpha value is -0.160. The molecule has 2 aromatic heterocycles. The van der Waals surface area contributed by atoms with E-state index in [1.807, 2.05) is 22.7 Å². The first kappa shape index (κ1) is 15.7. The summed E-state index contributed by atoms with van der Waals surface area (Å²) in [5.74, 6) is 0. The smallest absolute Gasteiger partial charge is 0.0776 e. The number of fused-ring (bicyclic) bond motifs is 1. The van der Waals surface area contributed by atoms with Crippen LogP contribution in [0.25, 0.3) is 0 Å². The molecule has 0 bridgehead atoms. The molecule has 3 rings (SSSR count). The molecule has 0 fully saturated rings. The fraction of sp³-hybridized carbons (Fsp3) is 0.529. The molecule has 1 unspecified atom stereocenters. The normalized spacial score (nSPS) is 16.0. The van der Waals surface area contributed by atoms with E-state index >= 15 is 0 Å². The van der Waals surface area contributed by atoms with Gasteiger partial charge < -0.3 is 5.32 Å². The van der Waals surface area contributed by atoms with Crippen LogP contribution >= 0.6 is 38.6 Å². The fourth-order valence-electron chi connectivity index (χ4n) is 2.97. The second kappa shape index (κ2) is 6.95. The third kappa shape index (κ3) is 3.44. The van der Waals surface area contributed by atoms with Crippen LogP contribution in [0, 0.1) is 6.92 Å². The third-order valence-corrected chi connectivity index (χ3v) is 7.33. The number of aryl methyl sites for hydroxylation is 3. The van der Waals surface area contributed by atoms with Gasteiger partial charge in [-0.1, -0.05) is 6.92 Å². The monoisotopic (exact) mass is 383 g/mol. The van der Waals surface area contributed by atoms with E-state index in [9.17, 15) is 0 Å². The van der Waals surface area contributed by atoms with Gasteiger partial charge in [-0.3, -0.25) is 0 Å². The summed E-state index contributed by atoms with van der Waals surface area (Å²) in [6, 6.07) is 5.07.